The van der Waals surface area contributed by atoms with E-state index in [9.17, 15) is 0 Å². The molecule has 0 amide bonds. The van der Waals surface area contributed by atoms with Crippen molar-refractivity contribution in [2.75, 3.05) is 0 Å². The van der Waals surface area contributed by atoms with E-state index < -0.39 is 7.14 Å². The third-order valence-electron chi connectivity index (χ3n) is 7.98. The number of benzene rings is 5. The summed E-state index contributed by atoms with van der Waals surface area (Å²) in [5, 5.41) is 5.92. The van der Waals surface area contributed by atoms with E-state index in [1.807, 2.05) is 66.7 Å². The summed E-state index contributed by atoms with van der Waals surface area (Å²) in [4.78, 5) is 0. The molecule has 0 radical (unpaired) electrons. The first kappa shape index (κ1) is 25.1. The number of ether oxygens (including phenoxy) is 2. The molecule has 0 aliphatic carbocycles. The van der Waals surface area contributed by atoms with Crippen molar-refractivity contribution in [3.8, 4) is 11.5 Å². The Hall–Kier alpha value is -4.85. The lowest BCUT2D eigenvalue weighted by molar-refractivity contribution is 0.411. The van der Waals surface area contributed by atoms with Crippen LogP contribution in [0, 0.1) is 0 Å². The molecule has 5 aromatic carbocycles. The molecule has 0 saturated heterocycles. The highest BCUT2D eigenvalue weighted by Crippen LogP contribution is 2.65. The Morgan fingerprint density at radius 1 is 0.732 bits per heavy atom. The molecule has 0 fully saturated rings. The van der Waals surface area contributed by atoms with Crippen molar-refractivity contribution < 1.29 is 14.0 Å². The molecule has 198 valence electrons. The summed E-state index contributed by atoms with van der Waals surface area (Å²) >= 11 is 0. The second-order valence-corrected chi connectivity index (χ2v) is 12.9. The topological polar surface area (TPSA) is 35.5 Å². The average molecular weight is 551 g/mol. The molecule has 41 heavy (non-hydrogen) atoms. The summed E-state index contributed by atoms with van der Waals surface area (Å²) in [6, 6.07) is 30.3. The molecule has 7 rings (SSSR count). The van der Waals surface area contributed by atoms with Gasteiger partial charge in [0.2, 0.25) is 0 Å². The van der Waals surface area contributed by atoms with Crippen molar-refractivity contribution in [2.45, 2.75) is 6.92 Å². The average Bonchev–Trinajstić information content (AvgIpc) is 3.00. The van der Waals surface area contributed by atoms with E-state index in [1.165, 1.54) is 0 Å². The zero-order valence-electron chi connectivity index (χ0n) is 22.7. The summed E-state index contributed by atoms with van der Waals surface area (Å²) in [6.07, 6.45) is 5.44. The molecular weight excluding hydrogens is 523 g/mol. The summed E-state index contributed by atoms with van der Waals surface area (Å²) in [7, 11) is -3.48. The van der Waals surface area contributed by atoms with Crippen LogP contribution in [0.2, 0.25) is 0 Å². The first-order valence-corrected chi connectivity index (χ1v) is 15.2. The molecule has 1 atom stereocenters. The highest BCUT2D eigenvalue weighted by Gasteiger charge is 2.48. The van der Waals surface area contributed by atoms with E-state index >= 15 is 4.57 Å². The number of rotatable bonds is 4. The molecule has 0 saturated carbocycles. The monoisotopic (exact) mass is 550 g/mol. The molecule has 2 heterocycles. The number of allylic oxidation sites excluding steroid dienone is 3. The Morgan fingerprint density at radius 2 is 1.39 bits per heavy atom. The van der Waals surface area contributed by atoms with Gasteiger partial charge in [-0.25, -0.2) is 0 Å². The van der Waals surface area contributed by atoms with Crippen LogP contribution < -0.4 is 20.1 Å². The second-order valence-electron chi connectivity index (χ2n) is 10.3. The van der Waals surface area contributed by atoms with Gasteiger partial charge in [0.25, 0.3) is 0 Å². The van der Waals surface area contributed by atoms with E-state index in [0.29, 0.717) is 38.9 Å². The zero-order chi connectivity index (χ0) is 28.3. The van der Waals surface area contributed by atoms with Gasteiger partial charge >= 0.3 is 0 Å². The molecule has 0 aromatic heterocycles. The third kappa shape index (κ3) is 3.63. The first-order chi connectivity index (χ1) is 20.0. The van der Waals surface area contributed by atoms with Crippen molar-refractivity contribution in [1.29, 1.82) is 0 Å². The van der Waals surface area contributed by atoms with Crippen LogP contribution in [-0.4, -0.2) is 0 Å². The van der Waals surface area contributed by atoms with Gasteiger partial charge in [0, 0.05) is 10.9 Å². The summed E-state index contributed by atoms with van der Waals surface area (Å²) < 4.78 is 28.8. The Morgan fingerprint density at radius 3 is 2.15 bits per heavy atom. The van der Waals surface area contributed by atoms with Gasteiger partial charge in [-0.3, -0.25) is 0 Å². The predicted octanol–water partition coefficient (Wildman–Crippen LogP) is 9.21. The maximum Gasteiger partial charge on any atom is 0.185 e. The van der Waals surface area contributed by atoms with Crippen LogP contribution in [0.15, 0.2) is 134 Å². The zero-order valence-corrected chi connectivity index (χ0v) is 23.6. The van der Waals surface area contributed by atoms with Crippen molar-refractivity contribution in [3.63, 3.8) is 0 Å². The number of hydrogen-bond donors (Lipinski definition) is 0. The lowest BCUT2D eigenvalue weighted by Crippen LogP contribution is -2.31. The van der Waals surface area contributed by atoms with Gasteiger partial charge in [-0.15, -0.1) is 0 Å². The van der Waals surface area contributed by atoms with Crippen molar-refractivity contribution in [1.82, 2.24) is 0 Å². The maximum atomic E-state index is 15.8. The van der Waals surface area contributed by atoms with E-state index in [-0.39, 0.29) is 0 Å². The van der Waals surface area contributed by atoms with Crippen LogP contribution in [0.4, 0.5) is 0 Å². The van der Waals surface area contributed by atoms with Crippen LogP contribution in [0.5, 0.6) is 11.5 Å². The smallest absolute Gasteiger partial charge is 0.185 e. The fourth-order valence-corrected chi connectivity index (χ4v) is 9.08. The molecule has 0 N–H and O–H groups in total. The quantitative estimate of drug-likeness (QED) is 0.209. The highest BCUT2D eigenvalue weighted by molar-refractivity contribution is 7.83. The minimum absolute atomic E-state index is 0.306. The molecule has 0 bridgehead atoms. The van der Waals surface area contributed by atoms with Crippen LogP contribution in [0.1, 0.15) is 23.6 Å². The minimum Gasteiger partial charge on any atom is -0.456 e. The van der Waals surface area contributed by atoms with E-state index in [4.69, 9.17) is 9.47 Å². The normalized spacial score (nSPS) is 17.8. The summed E-state index contributed by atoms with van der Waals surface area (Å²) in [5.74, 6) is 1.89. The molecule has 2 aliphatic rings. The van der Waals surface area contributed by atoms with E-state index in [0.717, 1.165) is 43.8 Å². The van der Waals surface area contributed by atoms with Crippen molar-refractivity contribution >= 4 is 57.0 Å². The SMILES string of the molecule is C=Cc1ccc2c(c1C=C)OC(=C)C1=C(/C=C(\C)c3cccc4ccccc34)Oc3c(ccc4ccccc34)P12=O. The largest absolute Gasteiger partial charge is 0.456 e. The molecule has 5 aromatic rings. The van der Waals surface area contributed by atoms with Crippen LogP contribution in [0.3, 0.4) is 0 Å². The summed E-state index contributed by atoms with van der Waals surface area (Å²) in [5.41, 5.74) is 3.65. The van der Waals surface area contributed by atoms with Crippen molar-refractivity contribution in [3.05, 3.63) is 150 Å². The number of fused-ring (bicyclic) bond motifs is 8. The molecule has 3 nitrogen and oxygen atoms in total. The minimum atomic E-state index is -3.48. The van der Waals surface area contributed by atoms with Gasteiger partial charge in [0.05, 0.1) is 10.6 Å². The van der Waals surface area contributed by atoms with Crippen molar-refractivity contribution in [2.24, 2.45) is 0 Å². The highest BCUT2D eigenvalue weighted by atomic mass is 31.2. The fraction of sp³-hybridized carbons (Fsp3) is 0.0270. The van der Waals surface area contributed by atoms with Gasteiger partial charge in [0.15, 0.2) is 7.14 Å². The summed E-state index contributed by atoms with van der Waals surface area (Å²) in [6.45, 7) is 14.3. The third-order valence-corrected chi connectivity index (χ3v) is 11.1. The fourth-order valence-electron chi connectivity index (χ4n) is 6.04. The van der Waals surface area contributed by atoms with E-state index in [1.54, 1.807) is 12.2 Å². The van der Waals surface area contributed by atoms with Gasteiger partial charge in [0.1, 0.15) is 28.3 Å². The lowest BCUT2D eigenvalue weighted by Gasteiger charge is -2.36. The molecular formula is C37H27O3P. The Labute approximate surface area is 239 Å². The number of hydrogen-bond acceptors (Lipinski definition) is 3. The molecule has 2 aliphatic heterocycles. The molecule has 0 spiro atoms. The van der Waals surface area contributed by atoms with Gasteiger partial charge in [-0.1, -0.05) is 111 Å². The van der Waals surface area contributed by atoms with Gasteiger partial charge < -0.3 is 14.0 Å². The van der Waals surface area contributed by atoms with Crippen LogP contribution >= 0.6 is 7.14 Å². The molecule has 1 unspecified atom stereocenters. The van der Waals surface area contributed by atoms with Gasteiger partial charge in [-0.05, 0) is 58.0 Å². The van der Waals surface area contributed by atoms with E-state index in [2.05, 4.69) is 57.0 Å². The van der Waals surface area contributed by atoms with Gasteiger partial charge in [-0.2, -0.15) is 0 Å². The standard InChI is InChI=1S/C37H27O3P/c1-5-25-18-20-33-35(28(25)6-2)39-24(4)37-32(22-23(3)29-17-11-14-26-12-7-9-15-30(26)29)40-36-31-16-10-8-13-27(31)19-21-34(36)41(33,37)38/h5-22H,1-2,4H2,3H3/b23-22+. The Kier molecular flexibility index (Phi) is 5.74. The first-order valence-electron chi connectivity index (χ1n) is 13.5. The Balaban J connectivity index is 1.56. The molecule has 4 heteroatoms. The predicted molar refractivity (Wildman–Crippen MR) is 172 cm³/mol. The second kappa shape index (κ2) is 9.37. The van der Waals surface area contributed by atoms with Crippen LogP contribution in [-0.2, 0) is 4.57 Å². The van der Waals surface area contributed by atoms with Crippen LogP contribution in [0.25, 0.3) is 39.3 Å². The lowest BCUT2D eigenvalue weighted by atomic mass is 9.98. The Bertz CT molecular complexity index is 2090. The maximum absolute atomic E-state index is 15.8.